The molecular formula is C16H28IN3O. The molecule has 1 unspecified atom stereocenters. The number of guanidine groups is 1. The summed E-state index contributed by atoms with van der Waals surface area (Å²) >= 11 is 0. The summed E-state index contributed by atoms with van der Waals surface area (Å²) in [4.78, 5) is 4.63. The Morgan fingerprint density at radius 1 is 1.24 bits per heavy atom. The molecule has 0 aliphatic heterocycles. The lowest BCUT2D eigenvalue weighted by molar-refractivity contribution is 0.336. The molecule has 5 heteroatoms. The van der Waals surface area contributed by atoms with Crippen molar-refractivity contribution in [3.8, 4) is 5.75 Å². The number of hydrogen-bond acceptors (Lipinski definition) is 2. The molecule has 0 bridgehead atoms. The van der Waals surface area contributed by atoms with E-state index in [9.17, 15) is 0 Å². The monoisotopic (exact) mass is 405 g/mol. The van der Waals surface area contributed by atoms with Gasteiger partial charge < -0.3 is 15.4 Å². The molecule has 1 aromatic carbocycles. The second-order valence-corrected chi connectivity index (χ2v) is 4.69. The van der Waals surface area contributed by atoms with E-state index in [1.807, 2.05) is 25.1 Å². The van der Waals surface area contributed by atoms with Gasteiger partial charge in [-0.25, -0.2) is 4.99 Å². The molecule has 0 heterocycles. The summed E-state index contributed by atoms with van der Waals surface area (Å²) in [5.74, 6) is 1.77. The van der Waals surface area contributed by atoms with Crippen LogP contribution in [-0.2, 0) is 6.54 Å². The lowest BCUT2D eigenvalue weighted by Crippen LogP contribution is -2.41. The normalized spacial score (nSPS) is 12.3. The zero-order valence-electron chi connectivity index (χ0n) is 13.5. The van der Waals surface area contributed by atoms with E-state index in [0.29, 0.717) is 19.2 Å². The predicted molar refractivity (Wildman–Crippen MR) is 101 cm³/mol. The van der Waals surface area contributed by atoms with Gasteiger partial charge in [0.2, 0.25) is 0 Å². The van der Waals surface area contributed by atoms with Crippen LogP contribution in [0.3, 0.4) is 0 Å². The van der Waals surface area contributed by atoms with Crippen molar-refractivity contribution in [2.45, 2.75) is 46.7 Å². The minimum Gasteiger partial charge on any atom is -0.494 e. The van der Waals surface area contributed by atoms with Crippen LogP contribution in [0.25, 0.3) is 0 Å². The smallest absolute Gasteiger partial charge is 0.191 e. The number of aliphatic imine (C=N–C) groups is 1. The summed E-state index contributed by atoms with van der Waals surface area (Å²) in [7, 11) is 0. The van der Waals surface area contributed by atoms with Crippen LogP contribution < -0.4 is 15.4 Å². The van der Waals surface area contributed by atoms with E-state index in [4.69, 9.17) is 4.74 Å². The van der Waals surface area contributed by atoms with Gasteiger partial charge in [0.1, 0.15) is 5.75 Å². The van der Waals surface area contributed by atoms with Crippen molar-refractivity contribution >= 4 is 29.9 Å². The van der Waals surface area contributed by atoms with Crippen LogP contribution in [0.15, 0.2) is 29.3 Å². The highest BCUT2D eigenvalue weighted by atomic mass is 127. The maximum Gasteiger partial charge on any atom is 0.191 e. The van der Waals surface area contributed by atoms with Crippen molar-refractivity contribution in [3.63, 3.8) is 0 Å². The Labute approximate surface area is 145 Å². The van der Waals surface area contributed by atoms with Crippen LogP contribution in [0, 0.1) is 0 Å². The lowest BCUT2D eigenvalue weighted by atomic mass is 10.2. The van der Waals surface area contributed by atoms with Gasteiger partial charge >= 0.3 is 0 Å². The number of para-hydroxylation sites is 1. The molecule has 0 spiro atoms. The SMILES string of the molecule is CCNC(=NCc1ccccc1OCC)NC(C)CC.I. The molecule has 21 heavy (non-hydrogen) atoms. The van der Waals surface area contributed by atoms with Crippen molar-refractivity contribution in [3.05, 3.63) is 29.8 Å². The highest BCUT2D eigenvalue weighted by molar-refractivity contribution is 14.0. The Morgan fingerprint density at radius 3 is 2.57 bits per heavy atom. The van der Waals surface area contributed by atoms with Gasteiger partial charge in [-0.15, -0.1) is 24.0 Å². The Balaban J connectivity index is 0.00000400. The maximum atomic E-state index is 5.62. The number of benzene rings is 1. The molecular weight excluding hydrogens is 377 g/mol. The van der Waals surface area contributed by atoms with Gasteiger partial charge in [-0.1, -0.05) is 25.1 Å². The average Bonchev–Trinajstić information content (AvgIpc) is 2.46. The number of ether oxygens (including phenoxy) is 1. The summed E-state index contributed by atoms with van der Waals surface area (Å²) in [6.45, 7) is 10.5. The number of nitrogens with zero attached hydrogens (tertiary/aromatic N) is 1. The molecule has 0 saturated heterocycles. The van der Waals surface area contributed by atoms with E-state index in [1.54, 1.807) is 0 Å². The first kappa shape index (κ1) is 20.0. The third-order valence-electron chi connectivity index (χ3n) is 3.02. The third-order valence-corrected chi connectivity index (χ3v) is 3.02. The second kappa shape index (κ2) is 11.7. The van der Waals surface area contributed by atoms with E-state index in [2.05, 4.69) is 42.5 Å². The molecule has 0 aliphatic rings. The molecule has 0 aromatic heterocycles. The van der Waals surface area contributed by atoms with Gasteiger partial charge in [-0.2, -0.15) is 0 Å². The number of nitrogens with one attached hydrogen (secondary N) is 2. The Bertz CT molecular complexity index is 424. The first-order chi connectivity index (χ1) is 9.71. The van der Waals surface area contributed by atoms with Crippen LogP contribution in [0.1, 0.15) is 39.7 Å². The minimum absolute atomic E-state index is 0. The fourth-order valence-electron chi connectivity index (χ4n) is 1.75. The molecule has 1 rings (SSSR count). The minimum atomic E-state index is 0. The van der Waals surface area contributed by atoms with Crippen molar-refractivity contribution < 1.29 is 4.74 Å². The van der Waals surface area contributed by atoms with Crippen molar-refractivity contribution in [1.29, 1.82) is 0 Å². The van der Waals surface area contributed by atoms with Crippen LogP contribution in [0.2, 0.25) is 0 Å². The van der Waals surface area contributed by atoms with Crippen molar-refractivity contribution in [1.82, 2.24) is 10.6 Å². The van der Waals surface area contributed by atoms with Crippen LogP contribution >= 0.6 is 24.0 Å². The Hall–Kier alpha value is -0.980. The van der Waals surface area contributed by atoms with Crippen LogP contribution in [0.4, 0.5) is 0 Å². The van der Waals surface area contributed by atoms with Gasteiger partial charge in [-0.3, -0.25) is 0 Å². The van der Waals surface area contributed by atoms with Crippen molar-refractivity contribution in [2.24, 2.45) is 4.99 Å². The van der Waals surface area contributed by atoms with Gasteiger partial charge in [0.05, 0.1) is 13.2 Å². The zero-order chi connectivity index (χ0) is 14.8. The van der Waals surface area contributed by atoms with E-state index >= 15 is 0 Å². The van der Waals surface area contributed by atoms with Gasteiger partial charge in [0.15, 0.2) is 5.96 Å². The predicted octanol–water partition coefficient (Wildman–Crippen LogP) is 3.56. The first-order valence-electron chi connectivity index (χ1n) is 7.46. The topological polar surface area (TPSA) is 45.7 Å². The fraction of sp³-hybridized carbons (Fsp3) is 0.562. The summed E-state index contributed by atoms with van der Waals surface area (Å²) in [6, 6.07) is 8.46. The molecule has 2 N–H and O–H groups in total. The second-order valence-electron chi connectivity index (χ2n) is 4.69. The number of rotatable bonds is 7. The van der Waals surface area contributed by atoms with Gasteiger partial charge in [0, 0.05) is 18.2 Å². The quantitative estimate of drug-likeness (QED) is 0.414. The highest BCUT2D eigenvalue weighted by Crippen LogP contribution is 2.18. The third kappa shape index (κ3) is 7.55. The van der Waals surface area contributed by atoms with Gasteiger partial charge in [-0.05, 0) is 33.3 Å². The van der Waals surface area contributed by atoms with E-state index < -0.39 is 0 Å². The van der Waals surface area contributed by atoms with Crippen LogP contribution in [0.5, 0.6) is 5.75 Å². The summed E-state index contributed by atoms with van der Waals surface area (Å²) in [5, 5.41) is 6.65. The molecule has 0 amide bonds. The molecule has 4 nitrogen and oxygen atoms in total. The number of hydrogen-bond donors (Lipinski definition) is 2. The molecule has 0 radical (unpaired) electrons. The summed E-state index contributed by atoms with van der Waals surface area (Å²) in [5.41, 5.74) is 1.11. The average molecular weight is 405 g/mol. The van der Waals surface area contributed by atoms with E-state index in [-0.39, 0.29) is 24.0 Å². The number of halogens is 1. The van der Waals surface area contributed by atoms with E-state index in [1.165, 1.54) is 0 Å². The van der Waals surface area contributed by atoms with Gasteiger partial charge in [0.25, 0.3) is 0 Å². The first-order valence-corrected chi connectivity index (χ1v) is 7.46. The molecule has 0 aliphatic carbocycles. The lowest BCUT2D eigenvalue weighted by Gasteiger charge is -2.16. The highest BCUT2D eigenvalue weighted by Gasteiger charge is 2.04. The summed E-state index contributed by atoms with van der Waals surface area (Å²) < 4.78 is 5.62. The van der Waals surface area contributed by atoms with Crippen LogP contribution in [-0.4, -0.2) is 25.2 Å². The molecule has 1 atom stereocenters. The van der Waals surface area contributed by atoms with Crippen molar-refractivity contribution in [2.75, 3.05) is 13.2 Å². The standard InChI is InChI=1S/C16H27N3O.HI/c1-5-13(4)19-16(17-6-2)18-12-14-10-8-9-11-15(14)20-7-3;/h8-11,13H,5-7,12H2,1-4H3,(H2,17,18,19);1H. The molecule has 1 aromatic rings. The largest absolute Gasteiger partial charge is 0.494 e. The van der Waals surface area contributed by atoms with E-state index in [0.717, 1.165) is 30.2 Å². The molecule has 0 fully saturated rings. The fourth-order valence-corrected chi connectivity index (χ4v) is 1.75. The maximum absolute atomic E-state index is 5.62. The molecule has 0 saturated carbocycles. The zero-order valence-corrected chi connectivity index (χ0v) is 15.8. The summed E-state index contributed by atoms with van der Waals surface area (Å²) in [6.07, 6.45) is 1.07. The Morgan fingerprint density at radius 2 is 1.95 bits per heavy atom. The molecule has 120 valence electrons. The Kier molecular flexibility index (Phi) is 11.1.